The topological polar surface area (TPSA) is 147 Å². The number of likely N-dealkylation sites (tertiary alicyclic amines) is 1. The molecule has 3 rings (SSSR count). The van der Waals surface area contributed by atoms with E-state index in [0.29, 0.717) is 37.9 Å². The highest BCUT2D eigenvalue weighted by Gasteiger charge is 2.47. The van der Waals surface area contributed by atoms with Crippen LogP contribution in [0, 0.1) is 0 Å². The SMILES string of the molecule is COCCOCCOCCOCCOC(=O)OCN1C(=O)CCC(N2C(=O)c3ccccc3C2=O)C1=O. The highest BCUT2D eigenvalue weighted by molar-refractivity contribution is 6.23. The van der Waals surface area contributed by atoms with Gasteiger partial charge < -0.3 is 28.4 Å². The van der Waals surface area contributed by atoms with Crippen molar-refractivity contribution in [2.24, 2.45) is 0 Å². The first kappa shape index (κ1) is 28.2. The summed E-state index contributed by atoms with van der Waals surface area (Å²) in [4.78, 5) is 64.1. The molecular formula is C24H30N2O11. The second-order valence-corrected chi connectivity index (χ2v) is 7.94. The minimum Gasteiger partial charge on any atom is -0.432 e. The molecule has 0 N–H and O–H groups in total. The quantitative estimate of drug-likeness (QED) is 0.181. The summed E-state index contributed by atoms with van der Waals surface area (Å²) in [7, 11) is 1.59. The zero-order valence-corrected chi connectivity index (χ0v) is 20.6. The van der Waals surface area contributed by atoms with E-state index >= 15 is 0 Å². The van der Waals surface area contributed by atoms with E-state index in [2.05, 4.69) is 0 Å². The van der Waals surface area contributed by atoms with Crippen LogP contribution in [-0.4, -0.2) is 112 Å². The number of methoxy groups -OCH3 is 1. The Morgan fingerprint density at radius 2 is 1.35 bits per heavy atom. The van der Waals surface area contributed by atoms with Crippen molar-refractivity contribution in [2.75, 3.05) is 66.7 Å². The third-order valence-electron chi connectivity index (χ3n) is 5.56. The maximum Gasteiger partial charge on any atom is 0.510 e. The van der Waals surface area contributed by atoms with Gasteiger partial charge in [-0.05, 0) is 18.6 Å². The van der Waals surface area contributed by atoms with E-state index in [1.165, 1.54) is 12.1 Å². The molecule has 1 saturated heterocycles. The van der Waals surface area contributed by atoms with Crippen LogP contribution < -0.4 is 0 Å². The Balaban J connectivity index is 1.33. The lowest BCUT2D eigenvalue weighted by Gasteiger charge is -2.33. The van der Waals surface area contributed by atoms with Gasteiger partial charge in [-0.1, -0.05) is 12.1 Å². The van der Waals surface area contributed by atoms with Gasteiger partial charge in [0.2, 0.25) is 5.91 Å². The van der Waals surface area contributed by atoms with Gasteiger partial charge in [-0.15, -0.1) is 0 Å². The first-order chi connectivity index (χ1) is 18.0. The fraction of sp³-hybridized carbons (Fsp3) is 0.542. The maximum atomic E-state index is 12.9. The van der Waals surface area contributed by atoms with E-state index in [0.717, 1.165) is 4.90 Å². The smallest absolute Gasteiger partial charge is 0.432 e. The summed E-state index contributed by atoms with van der Waals surface area (Å²) in [6.45, 7) is 1.78. The molecule has 13 heteroatoms. The van der Waals surface area contributed by atoms with Gasteiger partial charge in [0, 0.05) is 13.5 Å². The van der Waals surface area contributed by atoms with E-state index in [9.17, 15) is 24.0 Å². The molecule has 37 heavy (non-hydrogen) atoms. The second-order valence-electron chi connectivity index (χ2n) is 7.94. The Hall–Kier alpha value is -3.39. The Kier molecular flexibility index (Phi) is 11.0. The largest absolute Gasteiger partial charge is 0.510 e. The number of ether oxygens (including phenoxy) is 6. The third-order valence-corrected chi connectivity index (χ3v) is 5.56. The van der Waals surface area contributed by atoms with Crippen molar-refractivity contribution in [3.63, 3.8) is 0 Å². The first-order valence-corrected chi connectivity index (χ1v) is 11.8. The Morgan fingerprint density at radius 3 is 1.92 bits per heavy atom. The Morgan fingerprint density at radius 1 is 0.811 bits per heavy atom. The Bertz CT molecular complexity index is 948. The van der Waals surface area contributed by atoms with Crippen LogP contribution >= 0.6 is 0 Å². The number of carbonyl (C=O) groups excluding carboxylic acids is 5. The number of carbonyl (C=O) groups is 5. The van der Waals surface area contributed by atoms with Gasteiger partial charge in [-0.2, -0.15) is 0 Å². The average molecular weight is 523 g/mol. The molecule has 0 aliphatic carbocycles. The van der Waals surface area contributed by atoms with E-state index in [4.69, 9.17) is 28.4 Å². The van der Waals surface area contributed by atoms with Crippen molar-refractivity contribution in [3.8, 4) is 0 Å². The van der Waals surface area contributed by atoms with Crippen LogP contribution in [0.4, 0.5) is 4.79 Å². The number of hydrogen-bond donors (Lipinski definition) is 0. The van der Waals surface area contributed by atoms with Gasteiger partial charge >= 0.3 is 6.16 Å². The van der Waals surface area contributed by atoms with Crippen LogP contribution in [0.2, 0.25) is 0 Å². The lowest BCUT2D eigenvalue weighted by molar-refractivity contribution is -0.156. The number of imide groups is 2. The van der Waals surface area contributed by atoms with Crippen molar-refractivity contribution in [1.29, 1.82) is 0 Å². The molecule has 202 valence electrons. The van der Waals surface area contributed by atoms with Crippen LogP contribution in [0.1, 0.15) is 33.6 Å². The third kappa shape index (κ3) is 7.55. The van der Waals surface area contributed by atoms with Crippen LogP contribution in [0.5, 0.6) is 0 Å². The van der Waals surface area contributed by atoms with Crippen LogP contribution in [0.3, 0.4) is 0 Å². The molecule has 0 bridgehead atoms. The van der Waals surface area contributed by atoms with Crippen molar-refractivity contribution < 1.29 is 52.4 Å². The van der Waals surface area contributed by atoms with Gasteiger partial charge in [-0.3, -0.25) is 24.1 Å². The molecule has 1 aromatic rings. The number of amides is 4. The normalized spacial score (nSPS) is 17.4. The van der Waals surface area contributed by atoms with Crippen LogP contribution in [0.15, 0.2) is 24.3 Å². The number of rotatable bonds is 15. The molecule has 2 aliphatic heterocycles. The molecule has 0 saturated carbocycles. The summed E-state index contributed by atoms with van der Waals surface area (Å²) < 4.78 is 30.4. The predicted octanol–water partition coefficient (Wildman–Crippen LogP) is 0.607. The van der Waals surface area contributed by atoms with E-state index in [1.54, 1.807) is 19.2 Å². The lowest BCUT2D eigenvalue weighted by Crippen LogP contribution is -2.56. The number of benzene rings is 1. The summed E-state index contributed by atoms with van der Waals surface area (Å²) in [5.74, 6) is -2.59. The molecule has 0 spiro atoms. The summed E-state index contributed by atoms with van der Waals surface area (Å²) in [5.41, 5.74) is 0.397. The monoisotopic (exact) mass is 522 g/mol. The molecule has 0 aromatic heterocycles. The fourth-order valence-electron chi connectivity index (χ4n) is 3.71. The Labute approximate surface area is 213 Å². The highest BCUT2D eigenvalue weighted by atomic mass is 16.7. The first-order valence-electron chi connectivity index (χ1n) is 11.8. The minimum absolute atomic E-state index is 0.00796. The van der Waals surface area contributed by atoms with Crippen LogP contribution in [0.25, 0.3) is 0 Å². The number of piperidine rings is 1. The van der Waals surface area contributed by atoms with Crippen molar-refractivity contribution in [1.82, 2.24) is 9.80 Å². The predicted molar refractivity (Wildman–Crippen MR) is 123 cm³/mol. The standard InChI is InChI=1S/C24H30N2O11/c1-32-8-9-33-10-11-34-12-13-35-14-15-36-24(31)37-16-25-20(27)7-6-19(23(25)30)26-21(28)17-4-2-3-5-18(17)22(26)29/h2-5,19H,6-16H2,1H3. The number of nitrogens with zero attached hydrogens (tertiary/aromatic N) is 2. The summed E-state index contributed by atoms with van der Waals surface area (Å²) in [6.07, 6.45) is -1.21. The van der Waals surface area contributed by atoms with Gasteiger partial charge in [0.25, 0.3) is 17.7 Å². The van der Waals surface area contributed by atoms with E-state index < -0.39 is 42.6 Å². The van der Waals surface area contributed by atoms with E-state index in [-0.39, 0.29) is 43.8 Å². The van der Waals surface area contributed by atoms with E-state index in [1.807, 2.05) is 0 Å². The van der Waals surface area contributed by atoms with Crippen molar-refractivity contribution in [3.05, 3.63) is 35.4 Å². The van der Waals surface area contributed by atoms with Gasteiger partial charge in [0.15, 0.2) is 6.73 Å². The lowest BCUT2D eigenvalue weighted by atomic mass is 10.0. The zero-order valence-electron chi connectivity index (χ0n) is 20.6. The summed E-state index contributed by atoms with van der Waals surface area (Å²) in [5, 5.41) is 0. The molecule has 1 aromatic carbocycles. The average Bonchev–Trinajstić information content (AvgIpc) is 3.14. The maximum absolute atomic E-state index is 12.9. The number of hydrogen-bond acceptors (Lipinski definition) is 11. The molecule has 2 aliphatic rings. The molecule has 1 fully saturated rings. The molecule has 1 atom stereocenters. The molecule has 13 nitrogen and oxygen atoms in total. The van der Waals surface area contributed by atoms with Gasteiger partial charge in [-0.25, -0.2) is 9.69 Å². The van der Waals surface area contributed by atoms with Gasteiger partial charge in [0.1, 0.15) is 12.6 Å². The highest BCUT2D eigenvalue weighted by Crippen LogP contribution is 2.28. The van der Waals surface area contributed by atoms with Gasteiger partial charge in [0.05, 0.1) is 57.4 Å². The summed E-state index contributed by atoms with van der Waals surface area (Å²) >= 11 is 0. The number of fused-ring (bicyclic) bond motifs is 1. The molecule has 4 amide bonds. The summed E-state index contributed by atoms with van der Waals surface area (Å²) in [6, 6.07) is 5.07. The molecule has 0 radical (unpaired) electrons. The van der Waals surface area contributed by atoms with Crippen molar-refractivity contribution >= 4 is 29.8 Å². The zero-order chi connectivity index (χ0) is 26.6. The molecule has 1 unspecified atom stereocenters. The fourth-order valence-corrected chi connectivity index (χ4v) is 3.71. The van der Waals surface area contributed by atoms with Crippen LogP contribution in [-0.2, 0) is 38.0 Å². The minimum atomic E-state index is -1.17. The molecule has 2 heterocycles. The van der Waals surface area contributed by atoms with Crippen molar-refractivity contribution in [2.45, 2.75) is 18.9 Å². The molecular weight excluding hydrogens is 492 g/mol. The second kappa shape index (κ2) is 14.4.